The number of carbonyl (C=O) groups is 2. The van der Waals surface area contributed by atoms with E-state index in [-0.39, 0.29) is 17.7 Å². The summed E-state index contributed by atoms with van der Waals surface area (Å²) in [6.07, 6.45) is 2.93. The molecule has 2 rings (SSSR count). The Hall–Kier alpha value is -1.88. The summed E-state index contributed by atoms with van der Waals surface area (Å²) in [6, 6.07) is 5.15. The molecule has 5 heteroatoms. The van der Waals surface area contributed by atoms with Crippen LogP contribution in [0.2, 0.25) is 0 Å². The lowest BCUT2D eigenvalue weighted by Gasteiger charge is -2.18. The maximum Gasteiger partial charge on any atom is 0.337 e. The van der Waals surface area contributed by atoms with Gasteiger partial charge in [0.05, 0.1) is 12.7 Å². The monoisotopic (exact) mass is 290 g/mol. The van der Waals surface area contributed by atoms with Gasteiger partial charge < -0.3 is 15.8 Å². The van der Waals surface area contributed by atoms with E-state index in [1.807, 2.05) is 6.92 Å². The average molecular weight is 290 g/mol. The molecule has 0 bridgehead atoms. The summed E-state index contributed by atoms with van der Waals surface area (Å²) in [4.78, 5) is 24.0. The smallest absolute Gasteiger partial charge is 0.337 e. The highest BCUT2D eigenvalue weighted by atomic mass is 16.5. The van der Waals surface area contributed by atoms with Gasteiger partial charge in [0, 0.05) is 11.6 Å². The fourth-order valence-electron chi connectivity index (χ4n) is 2.89. The van der Waals surface area contributed by atoms with Crippen molar-refractivity contribution in [2.24, 2.45) is 17.6 Å². The number of carbonyl (C=O) groups excluding carboxylic acids is 2. The van der Waals surface area contributed by atoms with E-state index in [4.69, 9.17) is 10.5 Å². The molecule has 0 heterocycles. The number of aryl methyl sites for hydroxylation is 1. The van der Waals surface area contributed by atoms with Crippen LogP contribution in [0, 0.1) is 18.8 Å². The molecule has 1 saturated carbocycles. The van der Waals surface area contributed by atoms with E-state index in [1.165, 1.54) is 7.11 Å². The lowest BCUT2D eigenvalue weighted by atomic mass is 9.95. The van der Waals surface area contributed by atoms with Crippen molar-refractivity contribution in [1.29, 1.82) is 0 Å². The molecule has 2 unspecified atom stereocenters. The fraction of sp³-hybridized carbons (Fsp3) is 0.500. The predicted molar refractivity (Wildman–Crippen MR) is 81.0 cm³/mol. The molecule has 0 spiro atoms. The van der Waals surface area contributed by atoms with Crippen molar-refractivity contribution in [2.45, 2.75) is 26.2 Å². The van der Waals surface area contributed by atoms with E-state index in [0.717, 1.165) is 24.8 Å². The topological polar surface area (TPSA) is 81.4 Å². The molecule has 0 radical (unpaired) electrons. The van der Waals surface area contributed by atoms with Gasteiger partial charge in [-0.05, 0) is 49.9 Å². The van der Waals surface area contributed by atoms with Crippen LogP contribution in [0.15, 0.2) is 18.2 Å². The molecule has 2 atom stereocenters. The van der Waals surface area contributed by atoms with E-state index in [0.29, 0.717) is 17.8 Å². The summed E-state index contributed by atoms with van der Waals surface area (Å²) in [7, 11) is 1.34. The second-order valence-corrected chi connectivity index (χ2v) is 5.54. The molecule has 5 nitrogen and oxygen atoms in total. The first-order valence-electron chi connectivity index (χ1n) is 7.26. The Morgan fingerprint density at radius 2 is 2.14 bits per heavy atom. The fourth-order valence-corrected chi connectivity index (χ4v) is 2.89. The van der Waals surface area contributed by atoms with Crippen molar-refractivity contribution in [1.82, 2.24) is 0 Å². The van der Waals surface area contributed by atoms with Gasteiger partial charge in [-0.1, -0.05) is 12.5 Å². The molecule has 114 valence electrons. The zero-order valence-corrected chi connectivity index (χ0v) is 12.5. The van der Waals surface area contributed by atoms with Gasteiger partial charge in [0.25, 0.3) is 0 Å². The normalized spacial score (nSPS) is 21.1. The molecule has 1 aromatic rings. The SMILES string of the molecule is COC(=O)c1ccc(C)c(NC(=O)C2CCCC2CN)c1. The molecule has 0 saturated heterocycles. The van der Waals surface area contributed by atoms with Crippen molar-refractivity contribution in [3.05, 3.63) is 29.3 Å². The second kappa shape index (κ2) is 6.72. The van der Waals surface area contributed by atoms with E-state index < -0.39 is 5.97 Å². The van der Waals surface area contributed by atoms with Crippen LogP contribution in [-0.2, 0) is 9.53 Å². The van der Waals surface area contributed by atoms with Crippen LogP contribution in [0.1, 0.15) is 35.2 Å². The van der Waals surface area contributed by atoms with Gasteiger partial charge in [-0.15, -0.1) is 0 Å². The van der Waals surface area contributed by atoms with Crippen LogP contribution in [0.4, 0.5) is 5.69 Å². The van der Waals surface area contributed by atoms with Crippen LogP contribution in [0.3, 0.4) is 0 Å². The van der Waals surface area contributed by atoms with Gasteiger partial charge in [-0.2, -0.15) is 0 Å². The summed E-state index contributed by atoms with van der Waals surface area (Å²) >= 11 is 0. The van der Waals surface area contributed by atoms with Gasteiger partial charge in [0.1, 0.15) is 0 Å². The molecular formula is C16H22N2O3. The maximum atomic E-state index is 12.4. The third-order valence-electron chi connectivity index (χ3n) is 4.22. The Balaban J connectivity index is 2.15. The number of nitrogens with one attached hydrogen (secondary N) is 1. The van der Waals surface area contributed by atoms with E-state index in [1.54, 1.807) is 18.2 Å². The number of nitrogens with two attached hydrogens (primary N) is 1. The van der Waals surface area contributed by atoms with Crippen molar-refractivity contribution >= 4 is 17.6 Å². The summed E-state index contributed by atoms with van der Waals surface area (Å²) in [5.74, 6) is -0.190. The van der Waals surface area contributed by atoms with Crippen LogP contribution in [-0.4, -0.2) is 25.5 Å². The van der Waals surface area contributed by atoms with Crippen molar-refractivity contribution in [3.63, 3.8) is 0 Å². The number of benzene rings is 1. The Morgan fingerprint density at radius 3 is 2.81 bits per heavy atom. The summed E-state index contributed by atoms with van der Waals surface area (Å²) < 4.78 is 4.70. The Kier molecular flexibility index (Phi) is 4.96. The van der Waals surface area contributed by atoms with Crippen LogP contribution < -0.4 is 11.1 Å². The van der Waals surface area contributed by atoms with E-state index in [2.05, 4.69) is 5.32 Å². The molecule has 1 aliphatic rings. The van der Waals surface area contributed by atoms with Crippen molar-refractivity contribution < 1.29 is 14.3 Å². The minimum absolute atomic E-state index is 0.00642. The quantitative estimate of drug-likeness (QED) is 0.832. The van der Waals surface area contributed by atoms with Crippen LogP contribution in [0.5, 0.6) is 0 Å². The molecule has 3 N–H and O–H groups in total. The Bertz CT molecular complexity index is 542. The highest BCUT2D eigenvalue weighted by Crippen LogP contribution is 2.32. The molecule has 1 aliphatic carbocycles. The third kappa shape index (κ3) is 3.42. The lowest BCUT2D eigenvalue weighted by Crippen LogP contribution is -2.30. The predicted octanol–water partition coefficient (Wildman–Crippen LogP) is 2.10. The highest BCUT2D eigenvalue weighted by Gasteiger charge is 2.32. The number of rotatable bonds is 4. The molecule has 0 aliphatic heterocycles. The number of methoxy groups -OCH3 is 1. The van der Waals surface area contributed by atoms with E-state index in [9.17, 15) is 9.59 Å². The second-order valence-electron chi connectivity index (χ2n) is 5.54. The molecule has 1 aromatic carbocycles. The molecule has 21 heavy (non-hydrogen) atoms. The summed E-state index contributed by atoms with van der Waals surface area (Å²) in [5.41, 5.74) is 7.73. The molecule has 0 aromatic heterocycles. The molecule has 1 fully saturated rings. The van der Waals surface area contributed by atoms with Gasteiger partial charge in [-0.25, -0.2) is 4.79 Å². The first-order chi connectivity index (χ1) is 10.1. The van der Waals surface area contributed by atoms with Gasteiger partial charge in [0.15, 0.2) is 0 Å². The lowest BCUT2D eigenvalue weighted by molar-refractivity contribution is -0.120. The first kappa shape index (κ1) is 15.5. The first-order valence-corrected chi connectivity index (χ1v) is 7.26. The summed E-state index contributed by atoms with van der Waals surface area (Å²) in [5, 5.41) is 2.93. The number of ether oxygens (including phenoxy) is 1. The number of esters is 1. The Morgan fingerprint density at radius 1 is 1.38 bits per heavy atom. The molecule has 1 amide bonds. The summed E-state index contributed by atoms with van der Waals surface area (Å²) in [6.45, 7) is 2.44. The standard InChI is InChI=1S/C16H22N2O3/c1-10-6-7-11(16(20)21-2)8-14(10)18-15(19)13-5-3-4-12(13)9-17/h6-8,12-13H,3-5,9,17H2,1-2H3,(H,18,19). The maximum absolute atomic E-state index is 12.4. The van der Waals surface area contributed by atoms with Crippen molar-refractivity contribution in [3.8, 4) is 0 Å². The average Bonchev–Trinajstić information content (AvgIpc) is 2.97. The van der Waals surface area contributed by atoms with Crippen LogP contribution >= 0.6 is 0 Å². The number of anilines is 1. The van der Waals surface area contributed by atoms with Crippen molar-refractivity contribution in [2.75, 3.05) is 19.0 Å². The number of hydrogen-bond acceptors (Lipinski definition) is 4. The number of amides is 1. The zero-order chi connectivity index (χ0) is 15.4. The Labute approximate surface area is 124 Å². The van der Waals surface area contributed by atoms with Crippen LogP contribution in [0.25, 0.3) is 0 Å². The third-order valence-corrected chi connectivity index (χ3v) is 4.22. The van der Waals surface area contributed by atoms with Gasteiger partial charge >= 0.3 is 5.97 Å². The van der Waals surface area contributed by atoms with E-state index >= 15 is 0 Å². The largest absolute Gasteiger partial charge is 0.465 e. The van der Waals surface area contributed by atoms with Gasteiger partial charge in [-0.3, -0.25) is 4.79 Å². The minimum Gasteiger partial charge on any atom is -0.465 e. The highest BCUT2D eigenvalue weighted by molar-refractivity contribution is 5.96. The van der Waals surface area contributed by atoms with Gasteiger partial charge in [0.2, 0.25) is 5.91 Å². The molecular weight excluding hydrogens is 268 g/mol. The number of hydrogen-bond donors (Lipinski definition) is 2. The zero-order valence-electron chi connectivity index (χ0n) is 12.5. The minimum atomic E-state index is -0.411.